The minimum Gasteiger partial charge on any atom is -0.493 e. The van der Waals surface area contributed by atoms with Crippen LogP contribution in [0.15, 0.2) is 36.2 Å². The first-order valence-electron chi connectivity index (χ1n) is 7.79. The molecule has 0 aliphatic carbocycles. The van der Waals surface area contributed by atoms with Crippen molar-refractivity contribution in [2.45, 2.75) is 20.5 Å². The van der Waals surface area contributed by atoms with Gasteiger partial charge in [0.2, 0.25) is 0 Å². The van der Waals surface area contributed by atoms with Gasteiger partial charge in [0.15, 0.2) is 16.6 Å². The van der Waals surface area contributed by atoms with Gasteiger partial charge < -0.3 is 14.8 Å². The van der Waals surface area contributed by atoms with Crippen LogP contribution >= 0.6 is 11.3 Å². The van der Waals surface area contributed by atoms with E-state index in [1.54, 1.807) is 29.7 Å². The molecule has 2 aromatic rings. The van der Waals surface area contributed by atoms with Gasteiger partial charge in [0, 0.05) is 23.1 Å². The highest BCUT2D eigenvalue weighted by molar-refractivity contribution is 7.13. The molecule has 0 radical (unpaired) electrons. The monoisotopic (exact) mass is 360 g/mol. The maximum atomic E-state index is 12.2. The molecule has 6 nitrogen and oxygen atoms in total. The number of rotatable bonds is 9. The fraction of sp³-hybridized carbons (Fsp3) is 0.278. The van der Waals surface area contributed by atoms with Crippen molar-refractivity contribution in [2.75, 3.05) is 18.5 Å². The molecule has 1 N–H and O–H groups in total. The second kappa shape index (κ2) is 8.98. The van der Waals surface area contributed by atoms with Crippen LogP contribution < -0.4 is 10.1 Å². The van der Waals surface area contributed by atoms with Gasteiger partial charge in [-0.05, 0) is 32.0 Å². The van der Waals surface area contributed by atoms with E-state index < -0.39 is 5.97 Å². The van der Waals surface area contributed by atoms with E-state index in [1.807, 2.05) is 6.92 Å². The Hall–Kier alpha value is -2.67. The summed E-state index contributed by atoms with van der Waals surface area (Å²) in [4.78, 5) is 27.9. The number of esters is 1. The number of Topliss-reactive ketones (excluding diaryl/α,β-unsaturated/α-hetero) is 1. The van der Waals surface area contributed by atoms with Gasteiger partial charge in [0.05, 0.1) is 6.61 Å². The number of benzene rings is 1. The summed E-state index contributed by atoms with van der Waals surface area (Å²) in [5.74, 6) is -0.00134. The Bertz CT molecular complexity index is 770. The van der Waals surface area contributed by atoms with Gasteiger partial charge in [-0.15, -0.1) is 17.9 Å². The zero-order valence-electron chi connectivity index (χ0n) is 14.2. The van der Waals surface area contributed by atoms with Crippen LogP contribution in [0.25, 0.3) is 0 Å². The smallest absolute Gasteiger partial charge is 0.358 e. The van der Waals surface area contributed by atoms with Crippen LogP contribution in [-0.2, 0) is 11.3 Å². The van der Waals surface area contributed by atoms with Gasteiger partial charge in [-0.25, -0.2) is 9.78 Å². The predicted octanol–water partition coefficient (Wildman–Crippen LogP) is 3.70. The van der Waals surface area contributed by atoms with Gasteiger partial charge in [-0.2, -0.15) is 0 Å². The first-order valence-corrected chi connectivity index (χ1v) is 8.67. The highest BCUT2D eigenvalue weighted by Crippen LogP contribution is 2.23. The Balaban J connectivity index is 2.07. The van der Waals surface area contributed by atoms with Crippen molar-refractivity contribution in [3.8, 4) is 5.75 Å². The summed E-state index contributed by atoms with van der Waals surface area (Å²) in [7, 11) is 0. The lowest BCUT2D eigenvalue weighted by Gasteiger charge is -2.11. The van der Waals surface area contributed by atoms with Crippen molar-refractivity contribution in [3.63, 3.8) is 0 Å². The fourth-order valence-electron chi connectivity index (χ4n) is 2.03. The molecule has 25 heavy (non-hydrogen) atoms. The normalized spacial score (nSPS) is 10.2. The van der Waals surface area contributed by atoms with E-state index in [-0.39, 0.29) is 18.1 Å². The first-order chi connectivity index (χ1) is 12.0. The minimum atomic E-state index is -0.529. The SMILES string of the molecule is C=CCNc1nc(C(=O)OCc2cc(C(C)=O)ccc2OCC)cs1. The summed E-state index contributed by atoms with van der Waals surface area (Å²) in [5.41, 5.74) is 1.42. The maximum Gasteiger partial charge on any atom is 0.358 e. The van der Waals surface area contributed by atoms with Crippen molar-refractivity contribution in [1.82, 2.24) is 4.98 Å². The number of aromatic nitrogens is 1. The average Bonchev–Trinajstić information content (AvgIpc) is 3.07. The van der Waals surface area contributed by atoms with E-state index >= 15 is 0 Å². The number of nitrogens with one attached hydrogen (secondary N) is 1. The number of hydrogen-bond acceptors (Lipinski definition) is 7. The lowest BCUT2D eigenvalue weighted by atomic mass is 10.1. The zero-order valence-corrected chi connectivity index (χ0v) is 15.0. The molecule has 0 fully saturated rings. The zero-order chi connectivity index (χ0) is 18.2. The highest BCUT2D eigenvalue weighted by Gasteiger charge is 2.14. The molecule has 1 heterocycles. The molecule has 0 saturated carbocycles. The summed E-state index contributed by atoms with van der Waals surface area (Å²) in [5, 5.41) is 5.27. The molecule has 0 bridgehead atoms. The molecule has 2 rings (SSSR count). The highest BCUT2D eigenvalue weighted by atomic mass is 32.1. The number of carbonyl (C=O) groups is 2. The third-order valence-electron chi connectivity index (χ3n) is 3.24. The molecule has 132 valence electrons. The fourth-order valence-corrected chi connectivity index (χ4v) is 2.72. The number of ether oxygens (including phenoxy) is 2. The van der Waals surface area contributed by atoms with Gasteiger partial charge in [0.25, 0.3) is 0 Å². The van der Waals surface area contributed by atoms with Gasteiger partial charge in [-0.1, -0.05) is 6.08 Å². The van der Waals surface area contributed by atoms with Crippen LogP contribution in [-0.4, -0.2) is 29.9 Å². The number of thiazole rings is 1. The molecule has 0 amide bonds. The molecule has 0 spiro atoms. The Kier molecular flexibility index (Phi) is 6.71. The third kappa shape index (κ3) is 5.15. The number of ketones is 1. The molecule has 0 aliphatic heterocycles. The van der Waals surface area contributed by atoms with Crippen LogP contribution in [0.3, 0.4) is 0 Å². The van der Waals surface area contributed by atoms with Gasteiger partial charge in [0.1, 0.15) is 12.4 Å². The molecular formula is C18H20N2O4S. The molecule has 1 aromatic carbocycles. The van der Waals surface area contributed by atoms with Crippen molar-refractivity contribution < 1.29 is 19.1 Å². The van der Waals surface area contributed by atoms with Gasteiger partial charge in [-0.3, -0.25) is 4.79 Å². The van der Waals surface area contributed by atoms with Crippen molar-refractivity contribution in [2.24, 2.45) is 0 Å². The minimum absolute atomic E-state index is 0.00222. The number of carbonyl (C=O) groups excluding carboxylic acids is 2. The molecule has 7 heteroatoms. The summed E-state index contributed by atoms with van der Waals surface area (Å²) < 4.78 is 10.8. The largest absolute Gasteiger partial charge is 0.493 e. The molecule has 1 aromatic heterocycles. The molecular weight excluding hydrogens is 340 g/mol. The first kappa shape index (κ1) is 18.7. The van der Waals surface area contributed by atoms with Crippen molar-refractivity contribution in [1.29, 1.82) is 0 Å². The molecule has 0 saturated heterocycles. The van der Waals surface area contributed by atoms with E-state index in [4.69, 9.17) is 9.47 Å². The predicted molar refractivity (Wildman–Crippen MR) is 97.5 cm³/mol. The number of hydrogen-bond donors (Lipinski definition) is 1. The Labute approximate surface area is 150 Å². The van der Waals surface area contributed by atoms with E-state index in [1.165, 1.54) is 18.3 Å². The second-order valence-corrected chi connectivity index (χ2v) is 5.95. The topological polar surface area (TPSA) is 77.5 Å². The summed E-state index contributed by atoms with van der Waals surface area (Å²) >= 11 is 1.32. The van der Waals surface area contributed by atoms with Crippen LogP contribution in [0.4, 0.5) is 5.13 Å². The lowest BCUT2D eigenvalue weighted by Crippen LogP contribution is -2.08. The summed E-state index contributed by atoms with van der Waals surface area (Å²) in [6, 6.07) is 5.08. The van der Waals surface area contributed by atoms with E-state index in [0.717, 1.165) is 0 Å². The van der Waals surface area contributed by atoms with E-state index in [0.29, 0.717) is 35.2 Å². The quantitative estimate of drug-likeness (QED) is 0.417. The van der Waals surface area contributed by atoms with E-state index in [2.05, 4.69) is 16.9 Å². The van der Waals surface area contributed by atoms with Crippen LogP contribution in [0.1, 0.15) is 40.3 Å². The number of nitrogens with zero attached hydrogens (tertiary/aromatic N) is 1. The average molecular weight is 360 g/mol. The molecule has 0 aliphatic rings. The Morgan fingerprint density at radius 1 is 1.40 bits per heavy atom. The maximum absolute atomic E-state index is 12.2. The van der Waals surface area contributed by atoms with Crippen LogP contribution in [0, 0.1) is 0 Å². The van der Waals surface area contributed by atoms with Crippen molar-refractivity contribution >= 4 is 28.2 Å². The molecule has 0 atom stereocenters. The second-order valence-electron chi connectivity index (χ2n) is 5.10. The van der Waals surface area contributed by atoms with Crippen molar-refractivity contribution in [3.05, 3.63) is 53.1 Å². The standard InChI is InChI=1S/C18H20N2O4S/c1-4-8-19-18-20-15(11-25-18)17(22)24-10-14-9-13(12(3)21)6-7-16(14)23-5-2/h4,6-7,9,11H,1,5,8,10H2,2-3H3,(H,19,20). The van der Waals surface area contributed by atoms with Gasteiger partial charge >= 0.3 is 5.97 Å². The third-order valence-corrected chi connectivity index (χ3v) is 4.04. The summed E-state index contributed by atoms with van der Waals surface area (Å²) in [6.45, 7) is 8.00. The van der Waals surface area contributed by atoms with Crippen LogP contribution in [0.5, 0.6) is 5.75 Å². The Morgan fingerprint density at radius 3 is 2.88 bits per heavy atom. The summed E-state index contributed by atoms with van der Waals surface area (Å²) in [6.07, 6.45) is 1.71. The lowest BCUT2D eigenvalue weighted by molar-refractivity contribution is 0.0463. The number of anilines is 1. The Morgan fingerprint density at radius 2 is 2.20 bits per heavy atom. The van der Waals surface area contributed by atoms with Crippen LogP contribution in [0.2, 0.25) is 0 Å². The van der Waals surface area contributed by atoms with E-state index in [9.17, 15) is 9.59 Å². The molecule has 0 unspecified atom stereocenters.